The summed E-state index contributed by atoms with van der Waals surface area (Å²) in [6.07, 6.45) is 1.86. The quantitative estimate of drug-likeness (QED) is 0.700. The molecule has 0 aliphatic carbocycles. The van der Waals surface area contributed by atoms with Crippen LogP contribution < -0.4 is 15.6 Å². The highest BCUT2D eigenvalue weighted by atomic mass is 16.6. The van der Waals surface area contributed by atoms with Crippen LogP contribution in [0.15, 0.2) is 23.1 Å². The van der Waals surface area contributed by atoms with E-state index in [1.807, 2.05) is 46.1 Å². The van der Waals surface area contributed by atoms with Crippen LogP contribution in [-0.4, -0.2) is 53.0 Å². The predicted octanol–water partition coefficient (Wildman–Crippen LogP) is 3.43. The van der Waals surface area contributed by atoms with Crippen LogP contribution in [0.2, 0.25) is 0 Å². The van der Waals surface area contributed by atoms with E-state index in [0.717, 1.165) is 6.42 Å². The number of carbonyl (C=O) groups excluding carboxylic acids is 2. The van der Waals surface area contributed by atoms with Crippen LogP contribution in [0.5, 0.6) is 0 Å². The van der Waals surface area contributed by atoms with Gasteiger partial charge in [-0.2, -0.15) is 0 Å². The molecule has 0 spiro atoms. The molecule has 33 heavy (non-hydrogen) atoms. The maximum Gasteiger partial charge on any atom is 0.407 e. The van der Waals surface area contributed by atoms with Gasteiger partial charge in [0.15, 0.2) is 0 Å². The molecule has 1 aliphatic rings. The van der Waals surface area contributed by atoms with Crippen molar-refractivity contribution in [3.8, 4) is 0 Å². The molecule has 9 nitrogen and oxygen atoms in total. The van der Waals surface area contributed by atoms with Crippen molar-refractivity contribution >= 4 is 28.9 Å². The minimum Gasteiger partial charge on any atom is -0.462 e. The molecule has 0 saturated carbocycles. The van der Waals surface area contributed by atoms with E-state index in [1.54, 1.807) is 19.1 Å². The van der Waals surface area contributed by atoms with Crippen molar-refractivity contribution in [2.75, 3.05) is 24.6 Å². The highest BCUT2D eigenvalue weighted by Gasteiger charge is 2.28. The minimum absolute atomic E-state index is 0.00313. The highest BCUT2D eigenvalue weighted by Crippen LogP contribution is 2.25. The smallest absolute Gasteiger partial charge is 0.407 e. The fraction of sp³-hybridized carbons (Fsp3) is 0.583. The molecule has 2 aromatic heterocycles. The Morgan fingerprint density at radius 1 is 1.18 bits per heavy atom. The largest absolute Gasteiger partial charge is 0.462 e. The molecular formula is C24H34N4O5. The first-order chi connectivity index (χ1) is 15.3. The number of alkyl carbamates (subject to hydrolysis) is 1. The molecule has 3 rings (SSSR count). The second-order valence-electron chi connectivity index (χ2n) is 10.3. The number of nitrogens with one attached hydrogen (secondary N) is 1. The zero-order valence-electron chi connectivity index (χ0n) is 20.5. The summed E-state index contributed by atoms with van der Waals surface area (Å²) in [5, 5.41) is 3.27. The molecule has 0 radical (unpaired) electrons. The summed E-state index contributed by atoms with van der Waals surface area (Å²) in [5.74, 6) is 0.0688. The van der Waals surface area contributed by atoms with Crippen LogP contribution >= 0.6 is 0 Å². The number of pyridine rings is 2. The van der Waals surface area contributed by atoms with Gasteiger partial charge in [0, 0.05) is 24.8 Å². The Kier molecular flexibility index (Phi) is 6.72. The first-order valence-electron chi connectivity index (χ1n) is 11.3. The first kappa shape index (κ1) is 24.5. The summed E-state index contributed by atoms with van der Waals surface area (Å²) in [6, 6.07) is 3.43. The van der Waals surface area contributed by atoms with Gasteiger partial charge in [0.25, 0.3) is 0 Å². The van der Waals surface area contributed by atoms with E-state index in [-0.39, 0.29) is 18.2 Å². The number of hydrogen-bond donors (Lipinski definition) is 1. The van der Waals surface area contributed by atoms with Gasteiger partial charge in [0.1, 0.15) is 22.6 Å². The summed E-state index contributed by atoms with van der Waals surface area (Å²) in [7, 11) is 0. The van der Waals surface area contributed by atoms with E-state index < -0.39 is 28.6 Å². The van der Waals surface area contributed by atoms with E-state index in [1.165, 1.54) is 6.20 Å². The van der Waals surface area contributed by atoms with Gasteiger partial charge in [-0.25, -0.2) is 14.6 Å². The van der Waals surface area contributed by atoms with E-state index in [4.69, 9.17) is 14.5 Å². The van der Waals surface area contributed by atoms with Gasteiger partial charge in [-0.1, -0.05) is 0 Å². The number of fused-ring (bicyclic) bond motifs is 1. The number of ether oxygens (including phenoxy) is 2. The number of aromatic nitrogens is 2. The van der Waals surface area contributed by atoms with Crippen molar-refractivity contribution in [1.29, 1.82) is 0 Å². The van der Waals surface area contributed by atoms with Gasteiger partial charge in [-0.3, -0.25) is 4.79 Å². The number of anilines is 1. The van der Waals surface area contributed by atoms with E-state index in [2.05, 4.69) is 10.2 Å². The predicted molar refractivity (Wildman–Crippen MR) is 127 cm³/mol. The van der Waals surface area contributed by atoms with Crippen LogP contribution in [0, 0.1) is 0 Å². The lowest BCUT2D eigenvalue weighted by Crippen LogP contribution is -2.40. The van der Waals surface area contributed by atoms with Gasteiger partial charge in [-0.05, 0) is 67.0 Å². The Hall–Kier alpha value is -3.10. The molecule has 180 valence electrons. The molecule has 1 N–H and O–H groups in total. The number of esters is 1. The Bertz CT molecular complexity index is 1110. The van der Waals surface area contributed by atoms with E-state index in [0.29, 0.717) is 29.9 Å². The maximum absolute atomic E-state index is 13.0. The third kappa shape index (κ3) is 5.64. The molecule has 2 aromatic rings. The molecule has 1 saturated heterocycles. The van der Waals surface area contributed by atoms with Crippen molar-refractivity contribution in [3.05, 3.63) is 34.1 Å². The van der Waals surface area contributed by atoms with Crippen molar-refractivity contribution < 1.29 is 19.1 Å². The molecule has 0 aromatic carbocycles. The van der Waals surface area contributed by atoms with Crippen molar-refractivity contribution in [3.63, 3.8) is 0 Å². The van der Waals surface area contributed by atoms with Gasteiger partial charge in [0.05, 0.1) is 18.0 Å². The number of amides is 1. The molecule has 9 heteroatoms. The van der Waals surface area contributed by atoms with Gasteiger partial charge >= 0.3 is 12.1 Å². The van der Waals surface area contributed by atoms with Gasteiger partial charge < -0.3 is 24.3 Å². The molecule has 1 amide bonds. The average molecular weight is 459 g/mol. The molecule has 1 unspecified atom stereocenters. The molecule has 1 fully saturated rings. The highest BCUT2D eigenvalue weighted by molar-refractivity contribution is 5.93. The Balaban J connectivity index is 1.92. The third-order valence-corrected chi connectivity index (χ3v) is 5.29. The zero-order chi connectivity index (χ0) is 24.6. The average Bonchev–Trinajstić information content (AvgIpc) is 3.14. The maximum atomic E-state index is 13.0. The fourth-order valence-electron chi connectivity index (χ4n) is 3.80. The summed E-state index contributed by atoms with van der Waals surface area (Å²) in [4.78, 5) is 44.4. The Labute approximate surface area is 194 Å². The topological polar surface area (TPSA) is 103 Å². The third-order valence-electron chi connectivity index (χ3n) is 5.29. The number of hydrogen-bond acceptors (Lipinski definition) is 7. The van der Waals surface area contributed by atoms with Crippen LogP contribution in [0.1, 0.15) is 65.2 Å². The second-order valence-corrected chi connectivity index (χ2v) is 10.3. The van der Waals surface area contributed by atoms with Crippen molar-refractivity contribution in [2.24, 2.45) is 0 Å². The zero-order valence-corrected chi connectivity index (χ0v) is 20.5. The fourth-order valence-corrected chi connectivity index (χ4v) is 3.80. The van der Waals surface area contributed by atoms with Crippen LogP contribution in [0.25, 0.3) is 11.0 Å². The van der Waals surface area contributed by atoms with E-state index >= 15 is 0 Å². The number of nitrogens with zero attached hydrogens (tertiary/aromatic N) is 3. The summed E-state index contributed by atoms with van der Waals surface area (Å²) in [6.45, 7) is 14.6. The van der Waals surface area contributed by atoms with E-state index in [9.17, 15) is 14.4 Å². The number of carbonyl (C=O) groups is 2. The molecule has 3 heterocycles. The molecular weight excluding hydrogens is 424 g/mol. The number of rotatable bonds is 4. The molecule has 0 bridgehead atoms. The van der Waals surface area contributed by atoms with Gasteiger partial charge in [-0.15, -0.1) is 0 Å². The van der Waals surface area contributed by atoms with Gasteiger partial charge in [0.2, 0.25) is 5.43 Å². The molecule has 1 aliphatic heterocycles. The lowest BCUT2D eigenvalue weighted by atomic mass is 10.1. The summed E-state index contributed by atoms with van der Waals surface area (Å²) in [5.41, 5.74) is -0.876. The Morgan fingerprint density at radius 2 is 1.88 bits per heavy atom. The van der Waals surface area contributed by atoms with Crippen LogP contribution in [0.3, 0.4) is 0 Å². The monoisotopic (exact) mass is 458 g/mol. The first-order valence-corrected chi connectivity index (χ1v) is 11.3. The molecule has 1 atom stereocenters. The van der Waals surface area contributed by atoms with Crippen molar-refractivity contribution in [1.82, 2.24) is 14.9 Å². The summed E-state index contributed by atoms with van der Waals surface area (Å²) >= 11 is 0. The standard InChI is InChI=1S/C24H34N4O5/c1-8-32-21(30)17-14-28(23(2,3)4)20-16(19(17)29)9-10-18(26-20)27-12-11-15(13-27)25-22(31)33-24(5,6)7/h9-10,14-15H,8,11-13H2,1-7H3,(H,25,31). The lowest BCUT2D eigenvalue weighted by molar-refractivity contribution is 0.0503. The SMILES string of the molecule is CCOC(=O)c1cn(C(C)(C)C)c2nc(N3CCC(NC(=O)OC(C)(C)C)C3)ccc2c1=O. The minimum atomic E-state index is -0.637. The summed E-state index contributed by atoms with van der Waals surface area (Å²) < 4.78 is 12.3. The van der Waals surface area contributed by atoms with Crippen LogP contribution in [0.4, 0.5) is 10.6 Å². The normalized spacial score (nSPS) is 16.7. The van der Waals surface area contributed by atoms with Crippen molar-refractivity contribution in [2.45, 2.75) is 72.1 Å². The van der Waals surface area contributed by atoms with Crippen LogP contribution in [-0.2, 0) is 15.0 Å². The lowest BCUT2D eigenvalue weighted by Gasteiger charge is -2.26. The second kappa shape index (κ2) is 9.03. The Morgan fingerprint density at radius 3 is 2.48 bits per heavy atom.